The first kappa shape index (κ1) is 26.5. The van der Waals surface area contributed by atoms with Gasteiger partial charge in [0.05, 0.1) is 18.2 Å². The van der Waals surface area contributed by atoms with E-state index in [1.807, 2.05) is 42.6 Å². The monoisotopic (exact) mass is 536 g/mol. The highest BCUT2D eigenvalue weighted by atomic mass is 32.1. The summed E-state index contributed by atoms with van der Waals surface area (Å²) in [5.74, 6) is -1.49. The molecule has 2 aliphatic rings. The van der Waals surface area contributed by atoms with E-state index in [0.29, 0.717) is 13.0 Å². The van der Waals surface area contributed by atoms with Crippen molar-refractivity contribution in [3.63, 3.8) is 0 Å². The Labute approximate surface area is 226 Å². The number of hydrogen-bond donors (Lipinski definition) is 3. The van der Waals surface area contributed by atoms with Crippen LogP contribution < -0.4 is 10.6 Å². The van der Waals surface area contributed by atoms with Gasteiger partial charge >= 0.3 is 0 Å². The summed E-state index contributed by atoms with van der Waals surface area (Å²) >= 11 is 1.52. The highest BCUT2D eigenvalue weighted by Gasteiger charge is 2.34. The molecule has 3 N–H and O–H groups in total. The second kappa shape index (κ2) is 11.7. The summed E-state index contributed by atoms with van der Waals surface area (Å²) in [6.45, 7) is 3.30. The number of hydrogen-bond acceptors (Lipinski definition) is 6. The number of aliphatic hydroxyl groups excluding tert-OH is 1. The van der Waals surface area contributed by atoms with Gasteiger partial charge in [-0.25, -0.2) is 9.37 Å². The normalized spacial score (nSPS) is 20.9. The van der Waals surface area contributed by atoms with Crippen molar-refractivity contribution in [1.82, 2.24) is 20.5 Å². The number of thiazole rings is 1. The van der Waals surface area contributed by atoms with Crippen LogP contribution in [0.3, 0.4) is 0 Å². The number of nitrogens with zero attached hydrogens (tertiary/aromatic N) is 2. The molecule has 38 heavy (non-hydrogen) atoms. The molecule has 3 aromatic rings. The Bertz CT molecular complexity index is 1280. The van der Waals surface area contributed by atoms with Crippen LogP contribution in [0, 0.1) is 12.7 Å². The topological polar surface area (TPSA) is 94.6 Å². The second-order valence-corrected chi connectivity index (χ2v) is 11.1. The van der Waals surface area contributed by atoms with Crippen molar-refractivity contribution < 1.29 is 19.1 Å². The minimum absolute atomic E-state index is 0.0545. The van der Waals surface area contributed by atoms with Crippen molar-refractivity contribution in [2.75, 3.05) is 13.1 Å². The Morgan fingerprint density at radius 1 is 1.18 bits per heavy atom. The fourth-order valence-electron chi connectivity index (χ4n) is 5.46. The molecule has 0 bridgehead atoms. The van der Waals surface area contributed by atoms with Crippen molar-refractivity contribution in [3.05, 3.63) is 87.1 Å². The smallest absolute Gasteiger partial charge is 0.254 e. The van der Waals surface area contributed by atoms with Gasteiger partial charge in [0, 0.05) is 34.8 Å². The van der Waals surface area contributed by atoms with Crippen LogP contribution in [-0.2, 0) is 6.42 Å². The number of amides is 2. The molecule has 2 fully saturated rings. The molecule has 9 heteroatoms. The molecule has 0 radical (unpaired) electrons. The zero-order chi connectivity index (χ0) is 26.6. The van der Waals surface area contributed by atoms with Gasteiger partial charge in [-0.3, -0.25) is 9.59 Å². The third kappa shape index (κ3) is 5.95. The average Bonchev–Trinajstić information content (AvgIpc) is 3.69. The van der Waals surface area contributed by atoms with E-state index in [-0.39, 0.29) is 29.1 Å². The van der Waals surface area contributed by atoms with Crippen molar-refractivity contribution in [2.45, 2.75) is 63.3 Å². The van der Waals surface area contributed by atoms with E-state index in [1.54, 1.807) is 4.90 Å². The van der Waals surface area contributed by atoms with Gasteiger partial charge in [0.2, 0.25) is 0 Å². The summed E-state index contributed by atoms with van der Waals surface area (Å²) in [5, 5.41) is 20.2. The quantitative estimate of drug-likeness (QED) is 0.404. The van der Waals surface area contributed by atoms with E-state index in [2.05, 4.69) is 15.6 Å². The Morgan fingerprint density at radius 3 is 2.68 bits per heavy atom. The van der Waals surface area contributed by atoms with Crippen LogP contribution in [0.25, 0.3) is 0 Å². The first-order valence-electron chi connectivity index (χ1n) is 13.2. The summed E-state index contributed by atoms with van der Waals surface area (Å²) in [7, 11) is 0. The van der Waals surface area contributed by atoms with E-state index in [9.17, 15) is 19.1 Å². The highest BCUT2D eigenvalue weighted by molar-refractivity contribution is 7.09. The van der Waals surface area contributed by atoms with E-state index >= 15 is 0 Å². The molecular weight excluding hydrogens is 503 g/mol. The summed E-state index contributed by atoms with van der Waals surface area (Å²) < 4.78 is 14.7. The van der Waals surface area contributed by atoms with Crippen LogP contribution in [-0.4, -0.2) is 58.1 Å². The van der Waals surface area contributed by atoms with E-state index < -0.39 is 23.9 Å². The molecule has 2 saturated heterocycles. The van der Waals surface area contributed by atoms with Crippen LogP contribution in [0.1, 0.15) is 68.7 Å². The lowest BCUT2D eigenvalue weighted by atomic mass is 9.95. The number of carbonyl (C=O) groups is 2. The Hall–Kier alpha value is -3.14. The molecular formula is C29H33FN4O3S. The first-order chi connectivity index (χ1) is 18.4. The molecule has 2 unspecified atom stereocenters. The maximum absolute atomic E-state index is 14.7. The Kier molecular flexibility index (Phi) is 8.16. The SMILES string of the molecule is Cc1csc(C2CCCN2C(=O)c2cc(F)cc(C(=O)N[C@@H](Cc3ccccc3)[C@H](O)C3CCCN3)c2)n1. The van der Waals surface area contributed by atoms with Crippen molar-refractivity contribution in [2.24, 2.45) is 0 Å². The Morgan fingerprint density at radius 2 is 1.97 bits per heavy atom. The lowest BCUT2D eigenvalue weighted by Gasteiger charge is -2.29. The number of benzene rings is 2. The molecule has 5 rings (SSSR count). The van der Waals surface area contributed by atoms with Gasteiger partial charge in [-0.2, -0.15) is 0 Å². The van der Waals surface area contributed by atoms with Crippen LogP contribution in [0.5, 0.6) is 0 Å². The third-order valence-corrected chi connectivity index (χ3v) is 8.44. The molecule has 1 aromatic heterocycles. The fraction of sp³-hybridized carbons (Fsp3) is 0.414. The lowest BCUT2D eigenvalue weighted by Crippen LogP contribution is -2.52. The largest absolute Gasteiger partial charge is 0.389 e. The molecule has 4 atom stereocenters. The van der Waals surface area contributed by atoms with Crippen LogP contribution in [0.2, 0.25) is 0 Å². The van der Waals surface area contributed by atoms with E-state index in [1.165, 1.54) is 23.5 Å². The van der Waals surface area contributed by atoms with Gasteiger partial charge in [0.25, 0.3) is 11.8 Å². The number of carbonyl (C=O) groups excluding carboxylic acids is 2. The number of rotatable bonds is 8. The maximum Gasteiger partial charge on any atom is 0.254 e. The van der Waals surface area contributed by atoms with Crippen molar-refractivity contribution in [3.8, 4) is 0 Å². The van der Waals surface area contributed by atoms with Gasteiger partial charge in [0.1, 0.15) is 10.8 Å². The minimum atomic E-state index is -0.816. The molecule has 2 aliphatic heterocycles. The van der Waals surface area contributed by atoms with Gasteiger partial charge in [-0.15, -0.1) is 11.3 Å². The molecule has 7 nitrogen and oxygen atoms in total. The molecule has 3 heterocycles. The third-order valence-electron chi connectivity index (χ3n) is 7.38. The summed E-state index contributed by atoms with van der Waals surface area (Å²) in [5.41, 5.74) is 2.07. The number of aromatic nitrogens is 1. The number of likely N-dealkylation sites (tertiary alicyclic amines) is 1. The fourth-order valence-corrected chi connectivity index (χ4v) is 6.40. The minimum Gasteiger partial charge on any atom is -0.389 e. The lowest BCUT2D eigenvalue weighted by molar-refractivity contribution is 0.0732. The highest BCUT2D eigenvalue weighted by Crippen LogP contribution is 2.35. The van der Waals surface area contributed by atoms with Gasteiger partial charge < -0.3 is 20.6 Å². The summed E-state index contributed by atoms with van der Waals surface area (Å²) in [6.07, 6.45) is 3.03. The Balaban J connectivity index is 1.36. The predicted molar refractivity (Wildman–Crippen MR) is 145 cm³/mol. The molecule has 200 valence electrons. The number of aryl methyl sites for hydroxylation is 1. The number of aliphatic hydroxyl groups is 1. The second-order valence-electron chi connectivity index (χ2n) is 10.2. The van der Waals surface area contributed by atoms with E-state index in [4.69, 9.17) is 0 Å². The molecule has 0 aliphatic carbocycles. The van der Waals surface area contributed by atoms with Gasteiger partial charge in [0.15, 0.2) is 0 Å². The maximum atomic E-state index is 14.7. The summed E-state index contributed by atoms with van der Waals surface area (Å²) in [6, 6.07) is 12.5. The molecule has 0 spiro atoms. The molecule has 2 amide bonds. The van der Waals surface area contributed by atoms with Crippen LogP contribution in [0.4, 0.5) is 4.39 Å². The summed E-state index contributed by atoms with van der Waals surface area (Å²) in [4.78, 5) is 33.1. The van der Waals surface area contributed by atoms with Crippen LogP contribution >= 0.6 is 11.3 Å². The van der Waals surface area contributed by atoms with Gasteiger partial charge in [-0.05, 0) is 69.3 Å². The number of nitrogens with one attached hydrogen (secondary N) is 2. The average molecular weight is 537 g/mol. The zero-order valence-electron chi connectivity index (χ0n) is 21.4. The molecule has 0 saturated carbocycles. The predicted octanol–water partition coefficient (Wildman–Crippen LogP) is 4.02. The van der Waals surface area contributed by atoms with Crippen molar-refractivity contribution in [1.29, 1.82) is 0 Å². The van der Waals surface area contributed by atoms with Gasteiger partial charge in [-0.1, -0.05) is 30.3 Å². The van der Waals surface area contributed by atoms with Crippen LogP contribution in [0.15, 0.2) is 53.9 Å². The van der Waals surface area contributed by atoms with E-state index in [0.717, 1.165) is 54.6 Å². The first-order valence-corrected chi connectivity index (χ1v) is 14.1. The van der Waals surface area contributed by atoms with Crippen molar-refractivity contribution >= 4 is 23.2 Å². The zero-order valence-corrected chi connectivity index (χ0v) is 22.2. The standard InChI is InChI=1S/C29H33FN4O3S/c1-18-17-38-28(32-18)25-10-6-12-34(25)29(37)21-14-20(15-22(30)16-21)27(36)33-24(13-19-7-3-2-4-8-19)26(35)23-9-5-11-31-23/h2-4,7-8,14-17,23-26,31,35H,5-6,9-13H2,1H3,(H,33,36)/t23?,24-,25?,26+/m0/s1. The molecule has 2 aromatic carbocycles. The number of halogens is 1.